The third-order valence-electron chi connectivity index (χ3n) is 2.91. The van der Waals surface area contributed by atoms with Gasteiger partial charge in [0, 0.05) is 19.1 Å². The second-order valence-corrected chi connectivity index (χ2v) is 4.15. The summed E-state index contributed by atoms with van der Waals surface area (Å²) in [4.78, 5) is 12.6. The minimum absolute atomic E-state index is 0.597. The molecule has 0 radical (unpaired) electrons. The predicted octanol–water partition coefficient (Wildman–Crippen LogP) is 0.199. The van der Waals surface area contributed by atoms with Crippen LogP contribution in [-0.4, -0.2) is 48.1 Å². The number of nitrogens with zero attached hydrogens (tertiary/aromatic N) is 4. The van der Waals surface area contributed by atoms with E-state index in [0.717, 1.165) is 25.3 Å². The van der Waals surface area contributed by atoms with Crippen molar-refractivity contribution in [1.82, 2.24) is 14.9 Å². The van der Waals surface area contributed by atoms with E-state index in [4.69, 9.17) is 5.73 Å². The first-order chi connectivity index (χ1) is 7.18. The molecule has 0 amide bonds. The van der Waals surface area contributed by atoms with Crippen LogP contribution in [0.3, 0.4) is 0 Å². The molecule has 0 bridgehead atoms. The summed E-state index contributed by atoms with van der Waals surface area (Å²) >= 11 is 0. The van der Waals surface area contributed by atoms with Crippen molar-refractivity contribution in [3.05, 3.63) is 12.5 Å². The van der Waals surface area contributed by atoms with Gasteiger partial charge in [-0.25, -0.2) is 9.97 Å². The van der Waals surface area contributed by atoms with Gasteiger partial charge in [-0.05, 0) is 20.5 Å². The number of rotatable bonds is 2. The maximum atomic E-state index is 5.84. The molecule has 0 spiro atoms. The number of aromatic nitrogens is 2. The first kappa shape index (κ1) is 10.2. The summed E-state index contributed by atoms with van der Waals surface area (Å²) in [6, 6.07) is 0.597. The number of likely N-dealkylation sites (N-methyl/N-ethyl adjacent to an activating group) is 1. The lowest BCUT2D eigenvalue weighted by Crippen LogP contribution is -2.32. The number of nitrogens with two attached hydrogens (primary N) is 1. The summed E-state index contributed by atoms with van der Waals surface area (Å²) < 4.78 is 0. The average molecular weight is 207 g/mol. The fourth-order valence-corrected chi connectivity index (χ4v) is 1.95. The zero-order valence-corrected chi connectivity index (χ0v) is 9.22. The molecule has 1 aliphatic heterocycles. The van der Waals surface area contributed by atoms with E-state index in [1.807, 2.05) is 0 Å². The topological polar surface area (TPSA) is 58.3 Å². The van der Waals surface area contributed by atoms with Crippen LogP contribution < -0.4 is 10.6 Å². The Morgan fingerprint density at radius 3 is 2.93 bits per heavy atom. The van der Waals surface area contributed by atoms with E-state index in [1.54, 1.807) is 12.5 Å². The maximum absolute atomic E-state index is 5.84. The highest BCUT2D eigenvalue weighted by Crippen LogP contribution is 2.24. The first-order valence-electron chi connectivity index (χ1n) is 5.15. The van der Waals surface area contributed by atoms with Gasteiger partial charge in [-0.2, -0.15) is 0 Å². The Labute approximate surface area is 89.9 Å². The maximum Gasteiger partial charge on any atom is 0.155 e. The lowest BCUT2D eigenvalue weighted by Gasteiger charge is -2.21. The monoisotopic (exact) mass is 207 g/mol. The zero-order chi connectivity index (χ0) is 10.8. The lowest BCUT2D eigenvalue weighted by molar-refractivity contribution is 0.315. The van der Waals surface area contributed by atoms with Crippen LogP contribution in [0.15, 0.2) is 12.5 Å². The molecule has 15 heavy (non-hydrogen) atoms. The molecule has 1 aromatic rings. The fraction of sp³-hybridized carbons (Fsp3) is 0.600. The quantitative estimate of drug-likeness (QED) is 0.750. The summed E-state index contributed by atoms with van der Waals surface area (Å²) in [5.74, 6) is 0.870. The van der Waals surface area contributed by atoms with Crippen molar-refractivity contribution in [2.75, 3.05) is 37.8 Å². The SMILES string of the molecule is CN(C)C1CCN(c2ncncc2N)C1. The third kappa shape index (κ3) is 2.02. The highest BCUT2D eigenvalue weighted by molar-refractivity contribution is 5.61. The highest BCUT2D eigenvalue weighted by atomic mass is 15.3. The second kappa shape index (κ2) is 4.02. The normalized spacial score (nSPS) is 21.3. The van der Waals surface area contributed by atoms with Crippen LogP contribution in [-0.2, 0) is 0 Å². The lowest BCUT2D eigenvalue weighted by atomic mass is 10.2. The second-order valence-electron chi connectivity index (χ2n) is 4.15. The number of anilines is 2. The van der Waals surface area contributed by atoms with E-state index in [-0.39, 0.29) is 0 Å². The Bertz CT molecular complexity index is 338. The fourth-order valence-electron chi connectivity index (χ4n) is 1.95. The van der Waals surface area contributed by atoms with Gasteiger partial charge in [-0.3, -0.25) is 0 Å². The molecule has 5 nitrogen and oxygen atoms in total. The minimum atomic E-state index is 0.597. The van der Waals surface area contributed by atoms with Gasteiger partial charge in [0.05, 0.1) is 11.9 Å². The van der Waals surface area contributed by atoms with Crippen molar-refractivity contribution >= 4 is 11.5 Å². The Kier molecular flexibility index (Phi) is 2.73. The molecule has 1 unspecified atom stereocenters. The van der Waals surface area contributed by atoms with Crippen LogP contribution in [0.25, 0.3) is 0 Å². The van der Waals surface area contributed by atoms with Gasteiger partial charge in [-0.15, -0.1) is 0 Å². The van der Waals surface area contributed by atoms with Crippen LogP contribution in [0, 0.1) is 0 Å². The van der Waals surface area contributed by atoms with Crippen molar-refractivity contribution in [3.63, 3.8) is 0 Å². The average Bonchev–Trinajstić information content (AvgIpc) is 2.67. The highest BCUT2D eigenvalue weighted by Gasteiger charge is 2.25. The zero-order valence-electron chi connectivity index (χ0n) is 9.22. The Morgan fingerprint density at radius 1 is 1.53 bits per heavy atom. The molecule has 1 aliphatic rings. The molecule has 1 saturated heterocycles. The van der Waals surface area contributed by atoms with Crippen molar-refractivity contribution in [3.8, 4) is 0 Å². The van der Waals surface area contributed by atoms with E-state index in [1.165, 1.54) is 0 Å². The molecule has 0 aromatic carbocycles. The molecule has 1 aromatic heterocycles. The molecule has 2 N–H and O–H groups in total. The predicted molar refractivity (Wildman–Crippen MR) is 60.7 cm³/mol. The van der Waals surface area contributed by atoms with E-state index in [9.17, 15) is 0 Å². The van der Waals surface area contributed by atoms with Gasteiger partial charge in [0.15, 0.2) is 5.82 Å². The third-order valence-corrected chi connectivity index (χ3v) is 2.91. The van der Waals surface area contributed by atoms with Gasteiger partial charge in [0.2, 0.25) is 0 Å². The van der Waals surface area contributed by atoms with Crippen molar-refractivity contribution < 1.29 is 0 Å². The number of hydrogen-bond acceptors (Lipinski definition) is 5. The summed E-state index contributed by atoms with van der Waals surface area (Å²) in [5.41, 5.74) is 6.51. The van der Waals surface area contributed by atoms with Gasteiger partial charge >= 0.3 is 0 Å². The van der Waals surface area contributed by atoms with E-state index in [2.05, 4.69) is 33.9 Å². The van der Waals surface area contributed by atoms with Crippen LogP contribution in [0.5, 0.6) is 0 Å². The van der Waals surface area contributed by atoms with Gasteiger partial charge in [0.25, 0.3) is 0 Å². The summed E-state index contributed by atoms with van der Waals surface area (Å²) in [5, 5.41) is 0. The van der Waals surface area contributed by atoms with Crippen LogP contribution in [0.2, 0.25) is 0 Å². The Morgan fingerprint density at radius 2 is 2.33 bits per heavy atom. The molecule has 1 fully saturated rings. The van der Waals surface area contributed by atoms with E-state index < -0.39 is 0 Å². The van der Waals surface area contributed by atoms with Crippen LogP contribution in [0.4, 0.5) is 11.5 Å². The van der Waals surface area contributed by atoms with E-state index in [0.29, 0.717) is 11.7 Å². The number of hydrogen-bond donors (Lipinski definition) is 1. The minimum Gasteiger partial charge on any atom is -0.394 e. The van der Waals surface area contributed by atoms with Crippen LogP contribution >= 0.6 is 0 Å². The summed E-state index contributed by atoms with van der Waals surface area (Å²) in [6.07, 6.45) is 4.37. The molecule has 5 heteroatoms. The van der Waals surface area contributed by atoms with Crippen molar-refractivity contribution in [1.29, 1.82) is 0 Å². The van der Waals surface area contributed by atoms with Crippen LogP contribution in [0.1, 0.15) is 6.42 Å². The molecular weight excluding hydrogens is 190 g/mol. The Hall–Kier alpha value is -1.36. The molecule has 0 aliphatic carbocycles. The molecule has 82 valence electrons. The molecule has 2 heterocycles. The Balaban J connectivity index is 2.11. The standard InChI is InChI=1S/C10H17N5/c1-14(2)8-3-4-15(6-8)10-9(11)5-12-7-13-10/h5,7-8H,3-4,6,11H2,1-2H3. The van der Waals surface area contributed by atoms with Crippen molar-refractivity contribution in [2.24, 2.45) is 0 Å². The molecule has 0 saturated carbocycles. The van der Waals surface area contributed by atoms with Gasteiger partial charge in [0.1, 0.15) is 6.33 Å². The van der Waals surface area contributed by atoms with Gasteiger partial charge < -0.3 is 15.5 Å². The van der Waals surface area contributed by atoms with Gasteiger partial charge in [-0.1, -0.05) is 0 Å². The summed E-state index contributed by atoms with van der Waals surface area (Å²) in [7, 11) is 4.22. The largest absolute Gasteiger partial charge is 0.394 e. The number of nitrogen functional groups attached to an aromatic ring is 1. The first-order valence-corrected chi connectivity index (χ1v) is 5.15. The molecular formula is C10H17N5. The molecule has 2 rings (SSSR count). The molecule has 1 atom stereocenters. The van der Waals surface area contributed by atoms with Crippen molar-refractivity contribution in [2.45, 2.75) is 12.5 Å². The summed E-state index contributed by atoms with van der Waals surface area (Å²) in [6.45, 7) is 2.01. The smallest absolute Gasteiger partial charge is 0.155 e. The van der Waals surface area contributed by atoms with E-state index >= 15 is 0 Å².